The van der Waals surface area contributed by atoms with E-state index in [1.54, 1.807) is 0 Å². The lowest BCUT2D eigenvalue weighted by atomic mass is 10.3. The van der Waals surface area contributed by atoms with Crippen molar-refractivity contribution in [1.82, 2.24) is 19.5 Å². The van der Waals surface area contributed by atoms with Crippen LogP contribution in [0.3, 0.4) is 0 Å². The molecule has 0 saturated heterocycles. The Labute approximate surface area is 145 Å². The molecule has 144 valence electrons. The third kappa shape index (κ3) is 4.86. The van der Waals surface area contributed by atoms with Gasteiger partial charge in [-0.05, 0) is 6.42 Å². The van der Waals surface area contributed by atoms with Crippen LogP contribution in [0, 0.1) is 0 Å². The molecule has 0 amide bonds. The first-order chi connectivity index (χ1) is 12.2. The zero-order valence-corrected chi connectivity index (χ0v) is 14.3. The number of aliphatic hydroxyl groups is 1. The topological polar surface area (TPSA) is 206 Å². The van der Waals surface area contributed by atoms with Crippen molar-refractivity contribution in [1.29, 1.82) is 0 Å². The third-order valence-corrected chi connectivity index (χ3v) is 4.23. The van der Waals surface area contributed by atoms with Crippen LogP contribution in [0.25, 0.3) is 11.2 Å². The van der Waals surface area contributed by atoms with E-state index < -0.39 is 25.0 Å². The van der Waals surface area contributed by atoms with Gasteiger partial charge in [0.05, 0.1) is 32.2 Å². The molecule has 26 heavy (non-hydrogen) atoms. The number of aromatic amines is 1. The standard InChI is InChI=1S/C12H18N5O8P/c13-11-15-9-8(10(19)16-11)14-6-17(9)4-7(5-18)24-2-1-3-25-26(22,23)12(20)21/h6-7,18H,1-5H2,(H,20,21)(H,22,23)(H3,13,15,16,19)/p-1/t7-/m0/s1. The number of imidazole rings is 1. The molecule has 0 aromatic carbocycles. The minimum absolute atomic E-state index is 0.00757. The summed E-state index contributed by atoms with van der Waals surface area (Å²) in [6, 6.07) is 0. The smallest absolute Gasteiger partial charge is 0.374 e. The number of aromatic nitrogens is 4. The van der Waals surface area contributed by atoms with Crippen LogP contribution >= 0.6 is 7.60 Å². The Bertz CT molecular complexity index is 880. The zero-order valence-electron chi connectivity index (χ0n) is 13.4. The molecule has 0 aliphatic rings. The van der Waals surface area contributed by atoms with E-state index in [1.807, 2.05) is 0 Å². The molecule has 0 bridgehead atoms. The number of nitrogens with one attached hydrogen (secondary N) is 1. The van der Waals surface area contributed by atoms with Crippen molar-refractivity contribution < 1.29 is 33.7 Å². The van der Waals surface area contributed by atoms with Crippen molar-refractivity contribution in [2.24, 2.45) is 0 Å². The Morgan fingerprint density at radius 1 is 1.50 bits per heavy atom. The number of hydrogen-bond donors (Lipinski definition) is 4. The Balaban J connectivity index is 1.89. The van der Waals surface area contributed by atoms with Crippen molar-refractivity contribution in [3.8, 4) is 0 Å². The molecule has 0 fully saturated rings. The lowest BCUT2D eigenvalue weighted by Crippen LogP contribution is -2.25. The van der Waals surface area contributed by atoms with Crippen molar-refractivity contribution >= 4 is 30.4 Å². The zero-order chi connectivity index (χ0) is 19.3. The van der Waals surface area contributed by atoms with Crippen LogP contribution in [-0.4, -0.2) is 61.4 Å². The minimum Gasteiger partial charge on any atom is -0.770 e. The monoisotopic (exact) mass is 390 g/mol. The van der Waals surface area contributed by atoms with Crippen molar-refractivity contribution in [2.75, 3.05) is 25.6 Å². The first-order valence-corrected chi connectivity index (χ1v) is 8.91. The fourth-order valence-corrected chi connectivity index (χ4v) is 2.52. The summed E-state index contributed by atoms with van der Waals surface area (Å²) in [4.78, 5) is 43.2. The Hall–Kier alpha value is -2.31. The SMILES string of the molecule is Nc1nc2c(ncn2C[C@@H](CO)OCCCOP(=O)([O-])C(=O)O)c(=O)[nH]1. The molecule has 14 heteroatoms. The maximum Gasteiger partial charge on any atom is 0.374 e. The van der Waals surface area contributed by atoms with Crippen LogP contribution in [0.1, 0.15) is 6.42 Å². The number of hydrogen-bond acceptors (Lipinski definition) is 10. The fraction of sp³-hybridized carbons (Fsp3) is 0.500. The van der Waals surface area contributed by atoms with Crippen LogP contribution in [0.15, 0.2) is 11.1 Å². The van der Waals surface area contributed by atoms with Crippen molar-refractivity contribution in [2.45, 2.75) is 19.1 Å². The number of nitrogens with two attached hydrogens (primary N) is 1. The largest absolute Gasteiger partial charge is 0.770 e. The summed E-state index contributed by atoms with van der Waals surface area (Å²) in [6.45, 7) is -0.617. The molecule has 0 aliphatic carbocycles. The van der Waals surface area contributed by atoms with Gasteiger partial charge in [0.15, 0.2) is 11.2 Å². The maximum absolute atomic E-state index is 11.7. The summed E-state index contributed by atoms with van der Waals surface area (Å²) in [5.41, 5.74) is 3.27. The fourth-order valence-electron chi connectivity index (χ4n) is 2.04. The number of anilines is 1. The van der Waals surface area contributed by atoms with E-state index in [-0.39, 0.29) is 49.9 Å². The molecule has 2 atom stereocenters. The summed E-state index contributed by atoms with van der Waals surface area (Å²) >= 11 is 0. The van der Waals surface area contributed by atoms with E-state index in [9.17, 15) is 24.2 Å². The predicted octanol–water partition coefficient (Wildman–Crippen LogP) is -1.28. The third-order valence-electron chi connectivity index (χ3n) is 3.23. The normalized spacial score (nSPS) is 15.0. The van der Waals surface area contributed by atoms with Crippen molar-refractivity contribution in [3.05, 3.63) is 16.7 Å². The summed E-state index contributed by atoms with van der Waals surface area (Å²) in [7, 11) is -4.92. The number of nitrogen functional groups attached to an aromatic ring is 1. The van der Waals surface area contributed by atoms with E-state index in [2.05, 4.69) is 19.5 Å². The average molecular weight is 390 g/mol. The van der Waals surface area contributed by atoms with E-state index in [0.29, 0.717) is 0 Å². The maximum atomic E-state index is 11.7. The molecular weight excluding hydrogens is 373 g/mol. The highest BCUT2D eigenvalue weighted by Crippen LogP contribution is 2.37. The van der Waals surface area contributed by atoms with Crippen LogP contribution in [0.5, 0.6) is 0 Å². The summed E-state index contributed by atoms with van der Waals surface area (Å²) in [6.07, 6.45) is 0.737. The minimum atomic E-state index is -4.92. The first kappa shape index (κ1) is 20.0. The Kier molecular flexibility index (Phi) is 6.45. The van der Waals surface area contributed by atoms with Crippen molar-refractivity contribution in [3.63, 3.8) is 0 Å². The molecule has 2 aromatic rings. The summed E-state index contributed by atoms with van der Waals surface area (Å²) in [5.74, 6) is -0.0802. The van der Waals surface area contributed by atoms with Crippen LogP contribution in [0.2, 0.25) is 0 Å². The lowest BCUT2D eigenvalue weighted by molar-refractivity contribution is -0.195. The molecule has 0 saturated carbocycles. The molecule has 13 nitrogen and oxygen atoms in total. The van der Waals surface area contributed by atoms with Gasteiger partial charge in [-0.1, -0.05) is 0 Å². The number of ether oxygens (including phenoxy) is 1. The molecule has 0 aliphatic heterocycles. The van der Waals surface area contributed by atoms with Gasteiger partial charge in [-0.25, -0.2) is 9.78 Å². The van der Waals surface area contributed by atoms with Gasteiger partial charge in [-0.15, -0.1) is 0 Å². The second-order valence-electron chi connectivity index (χ2n) is 5.16. The molecule has 2 rings (SSSR count). The van der Waals surface area contributed by atoms with Gasteiger partial charge in [-0.2, -0.15) is 4.98 Å². The van der Waals surface area contributed by atoms with E-state index >= 15 is 0 Å². The number of fused-ring (bicyclic) bond motifs is 1. The van der Waals surface area contributed by atoms with Gasteiger partial charge < -0.3 is 34.7 Å². The number of aliphatic hydroxyl groups excluding tert-OH is 1. The van der Waals surface area contributed by atoms with Gasteiger partial charge in [0, 0.05) is 6.61 Å². The number of carbonyl (C=O) groups is 1. The Morgan fingerprint density at radius 3 is 2.88 bits per heavy atom. The van der Waals surface area contributed by atoms with Gasteiger partial charge in [0.2, 0.25) is 13.5 Å². The highest BCUT2D eigenvalue weighted by molar-refractivity contribution is 7.68. The van der Waals surface area contributed by atoms with E-state index in [1.165, 1.54) is 10.9 Å². The first-order valence-electron chi connectivity index (χ1n) is 7.36. The number of carboxylic acid groups (broad SMARTS) is 1. The lowest BCUT2D eigenvalue weighted by Gasteiger charge is -2.19. The quantitative estimate of drug-likeness (QED) is 0.277. The predicted molar refractivity (Wildman–Crippen MR) is 85.6 cm³/mol. The molecule has 1 unspecified atom stereocenters. The average Bonchev–Trinajstić information content (AvgIpc) is 2.96. The van der Waals surface area contributed by atoms with Crippen LogP contribution in [0.4, 0.5) is 10.7 Å². The number of H-pyrrole nitrogens is 1. The number of rotatable bonds is 10. The molecule has 5 N–H and O–H groups in total. The van der Waals surface area contributed by atoms with Gasteiger partial charge in [0.1, 0.15) is 0 Å². The molecular formula is C12H17N5O8P-. The Morgan fingerprint density at radius 2 is 2.23 bits per heavy atom. The molecule has 2 aromatic heterocycles. The second-order valence-corrected chi connectivity index (χ2v) is 6.80. The van der Waals surface area contributed by atoms with Gasteiger partial charge >= 0.3 is 5.71 Å². The van der Waals surface area contributed by atoms with E-state index in [0.717, 1.165) is 0 Å². The van der Waals surface area contributed by atoms with E-state index in [4.69, 9.17) is 15.6 Å². The van der Waals surface area contributed by atoms with Crippen LogP contribution in [-0.2, 0) is 20.4 Å². The number of nitrogens with zero attached hydrogens (tertiary/aromatic N) is 3. The molecule has 0 spiro atoms. The molecule has 0 radical (unpaired) electrons. The van der Waals surface area contributed by atoms with Gasteiger partial charge in [-0.3, -0.25) is 14.3 Å². The highest BCUT2D eigenvalue weighted by atomic mass is 31.2. The highest BCUT2D eigenvalue weighted by Gasteiger charge is 2.18. The van der Waals surface area contributed by atoms with Gasteiger partial charge in [0.25, 0.3) is 5.56 Å². The van der Waals surface area contributed by atoms with Crippen LogP contribution < -0.4 is 16.2 Å². The summed E-state index contributed by atoms with van der Waals surface area (Å²) in [5, 5.41) is 17.8. The molecule has 2 heterocycles. The second kappa shape index (κ2) is 8.38. The summed E-state index contributed by atoms with van der Waals surface area (Å²) < 4.78 is 22.1.